The molecule has 126 valence electrons. The second-order valence-electron chi connectivity index (χ2n) is 7.59. The fraction of sp³-hybridized carbons (Fsp3) is 0.632. The molecule has 0 saturated heterocycles. The predicted octanol–water partition coefficient (Wildman–Crippen LogP) is 2.53. The van der Waals surface area contributed by atoms with E-state index in [1.807, 2.05) is 12.1 Å². The summed E-state index contributed by atoms with van der Waals surface area (Å²) < 4.78 is 0. The summed E-state index contributed by atoms with van der Waals surface area (Å²) in [5.74, 6) is 0.785. The Morgan fingerprint density at radius 2 is 2.13 bits per heavy atom. The van der Waals surface area contributed by atoms with Gasteiger partial charge in [-0.3, -0.25) is 4.79 Å². The van der Waals surface area contributed by atoms with Crippen molar-refractivity contribution in [2.45, 2.75) is 51.2 Å². The molecular weight excluding hydrogens is 286 g/mol. The van der Waals surface area contributed by atoms with E-state index in [9.17, 15) is 4.79 Å². The second kappa shape index (κ2) is 6.62. The first-order chi connectivity index (χ1) is 11.0. The average Bonchev–Trinajstić information content (AvgIpc) is 3.00. The first-order valence-corrected chi connectivity index (χ1v) is 8.78. The van der Waals surface area contributed by atoms with Gasteiger partial charge in [0, 0.05) is 30.7 Å². The molecule has 3 rings (SSSR count). The van der Waals surface area contributed by atoms with Crippen LogP contribution in [0.4, 0.5) is 0 Å². The molecule has 1 heterocycles. The maximum absolute atomic E-state index is 12.6. The molecule has 1 amide bonds. The molecule has 2 aliphatic rings. The molecule has 2 N–H and O–H groups in total. The van der Waals surface area contributed by atoms with Crippen LogP contribution < -0.4 is 10.6 Å². The number of hydrogen-bond donors (Lipinski definition) is 2. The van der Waals surface area contributed by atoms with Gasteiger partial charge in [-0.1, -0.05) is 25.8 Å². The Balaban J connectivity index is 1.67. The highest BCUT2D eigenvalue weighted by atomic mass is 16.1. The second-order valence-corrected chi connectivity index (χ2v) is 7.59. The molecule has 2 unspecified atom stereocenters. The van der Waals surface area contributed by atoms with E-state index < -0.39 is 0 Å². The van der Waals surface area contributed by atoms with Gasteiger partial charge in [0.05, 0.1) is 0 Å². The number of carbonyl (C=O) groups is 1. The number of likely N-dealkylation sites (N-methyl/N-ethyl adjacent to an activating group) is 1. The van der Waals surface area contributed by atoms with Crippen molar-refractivity contribution in [2.75, 3.05) is 20.6 Å². The number of benzene rings is 1. The highest BCUT2D eigenvalue weighted by molar-refractivity contribution is 5.94. The minimum Gasteiger partial charge on any atom is -0.350 e. The summed E-state index contributed by atoms with van der Waals surface area (Å²) in [6, 6.07) is 6.07. The molecule has 1 aliphatic carbocycles. The molecule has 23 heavy (non-hydrogen) atoms. The van der Waals surface area contributed by atoms with Crippen molar-refractivity contribution in [3.63, 3.8) is 0 Å². The SMILES string of the molecule is CC1CCCC(CNC(=O)c2ccc3c(c2)CNC3)(N(C)C)C1. The van der Waals surface area contributed by atoms with E-state index in [1.54, 1.807) is 0 Å². The van der Waals surface area contributed by atoms with E-state index in [2.05, 4.69) is 42.6 Å². The van der Waals surface area contributed by atoms with Gasteiger partial charge in [0.1, 0.15) is 0 Å². The van der Waals surface area contributed by atoms with Crippen molar-refractivity contribution in [1.29, 1.82) is 0 Å². The molecule has 1 fully saturated rings. The molecule has 1 aliphatic heterocycles. The zero-order chi connectivity index (χ0) is 16.4. The lowest BCUT2D eigenvalue weighted by Crippen LogP contribution is -2.55. The average molecular weight is 315 g/mol. The van der Waals surface area contributed by atoms with Crippen LogP contribution >= 0.6 is 0 Å². The molecule has 2 atom stereocenters. The van der Waals surface area contributed by atoms with Gasteiger partial charge < -0.3 is 15.5 Å². The van der Waals surface area contributed by atoms with Crippen LogP contribution in [0.3, 0.4) is 0 Å². The standard InChI is InChI=1S/C19H29N3O/c1-14-5-4-8-19(10-14,22(2)3)13-21-18(23)15-6-7-16-11-20-12-17(16)9-15/h6-7,9,14,20H,4-5,8,10-13H2,1-3H3,(H,21,23). The Hall–Kier alpha value is -1.39. The number of hydrogen-bond acceptors (Lipinski definition) is 3. The lowest BCUT2D eigenvalue weighted by atomic mass is 9.75. The third kappa shape index (κ3) is 3.43. The Morgan fingerprint density at radius 1 is 1.35 bits per heavy atom. The van der Waals surface area contributed by atoms with Crippen molar-refractivity contribution >= 4 is 5.91 Å². The Kier molecular flexibility index (Phi) is 4.74. The van der Waals surface area contributed by atoms with Crippen LogP contribution in [0.15, 0.2) is 18.2 Å². The van der Waals surface area contributed by atoms with Gasteiger partial charge in [0.2, 0.25) is 0 Å². The van der Waals surface area contributed by atoms with Gasteiger partial charge in [-0.25, -0.2) is 0 Å². The monoisotopic (exact) mass is 315 g/mol. The van der Waals surface area contributed by atoms with E-state index in [4.69, 9.17) is 0 Å². The maximum Gasteiger partial charge on any atom is 0.251 e. The summed E-state index contributed by atoms with van der Waals surface area (Å²) in [5.41, 5.74) is 3.45. The molecule has 0 radical (unpaired) electrons. The minimum absolute atomic E-state index is 0.0548. The molecular formula is C19H29N3O. The third-order valence-corrected chi connectivity index (χ3v) is 5.69. The van der Waals surface area contributed by atoms with Crippen LogP contribution in [0.1, 0.15) is 54.1 Å². The van der Waals surface area contributed by atoms with Crippen molar-refractivity contribution in [1.82, 2.24) is 15.5 Å². The Morgan fingerprint density at radius 3 is 2.87 bits per heavy atom. The maximum atomic E-state index is 12.6. The van der Waals surface area contributed by atoms with Gasteiger partial charge in [0.25, 0.3) is 5.91 Å². The predicted molar refractivity (Wildman–Crippen MR) is 93.4 cm³/mol. The highest BCUT2D eigenvalue weighted by Gasteiger charge is 2.37. The normalized spacial score (nSPS) is 27.0. The number of nitrogens with zero attached hydrogens (tertiary/aromatic N) is 1. The van der Waals surface area contributed by atoms with Crippen LogP contribution in [0.5, 0.6) is 0 Å². The van der Waals surface area contributed by atoms with Gasteiger partial charge in [-0.2, -0.15) is 0 Å². The minimum atomic E-state index is 0.0548. The van der Waals surface area contributed by atoms with Crippen molar-refractivity contribution < 1.29 is 4.79 Å². The summed E-state index contributed by atoms with van der Waals surface area (Å²) in [7, 11) is 4.29. The van der Waals surface area contributed by atoms with Crippen molar-refractivity contribution in [2.24, 2.45) is 5.92 Å². The Labute approximate surface area is 139 Å². The molecule has 0 spiro atoms. The van der Waals surface area contributed by atoms with Crippen LogP contribution in [0, 0.1) is 5.92 Å². The molecule has 1 saturated carbocycles. The van der Waals surface area contributed by atoms with Gasteiger partial charge in [-0.05, 0) is 56.1 Å². The first kappa shape index (κ1) is 16.5. The van der Waals surface area contributed by atoms with E-state index >= 15 is 0 Å². The highest BCUT2D eigenvalue weighted by Crippen LogP contribution is 2.35. The summed E-state index contributed by atoms with van der Waals surface area (Å²) in [6.45, 7) is 4.85. The van der Waals surface area contributed by atoms with Crippen LogP contribution in [-0.2, 0) is 13.1 Å². The molecule has 4 nitrogen and oxygen atoms in total. The van der Waals surface area contributed by atoms with Gasteiger partial charge in [0.15, 0.2) is 0 Å². The van der Waals surface area contributed by atoms with Crippen molar-refractivity contribution in [3.05, 3.63) is 34.9 Å². The van der Waals surface area contributed by atoms with E-state index in [-0.39, 0.29) is 11.4 Å². The topological polar surface area (TPSA) is 44.4 Å². The first-order valence-electron chi connectivity index (χ1n) is 8.78. The molecule has 1 aromatic carbocycles. The molecule has 4 heteroatoms. The molecule has 1 aromatic rings. The third-order valence-electron chi connectivity index (χ3n) is 5.69. The summed E-state index contributed by atoms with van der Waals surface area (Å²) in [6.07, 6.45) is 4.88. The van der Waals surface area contributed by atoms with E-state index in [0.717, 1.165) is 37.5 Å². The number of amides is 1. The summed E-state index contributed by atoms with van der Waals surface area (Å²) in [5, 5.41) is 6.53. The largest absolute Gasteiger partial charge is 0.350 e. The van der Waals surface area contributed by atoms with Gasteiger partial charge in [-0.15, -0.1) is 0 Å². The van der Waals surface area contributed by atoms with Crippen molar-refractivity contribution in [3.8, 4) is 0 Å². The zero-order valence-electron chi connectivity index (χ0n) is 14.6. The fourth-order valence-electron chi connectivity index (χ4n) is 4.14. The summed E-state index contributed by atoms with van der Waals surface area (Å²) >= 11 is 0. The number of carbonyl (C=O) groups excluding carboxylic acids is 1. The fourth-order valence-corrected chi connectivity index (χ4v) is 4.14. The quantitative estimate of drug-likeness (QED) is 0.897. The number of nitrogens with one attached hydrogen (secondary N) is 2. The van der Waals surface area contributed by atoms with Crippen LogP contribution in [0.25, 0.3) is 0 Å². The number of rotatable bonds is 4. The Bertz CT molecular complexity index is 584. The molecule has 0 aromatic heterocycles. The number of fused-ring (bicyclic) bond motifs is 1. The lowest BCUT2D eigenvalue weighted by molar-refractivity contribution is 0.0675. The van der Waals surface area contributed by atoms with Crippen LogP contribution in [-0.4, -0.2) is 37.0 Å². The molecule has 0 bridgehead atoms. The van der Waals surface area contributed by atoms with Crippen LogP contribution in [0.2, 0.25) is 0 Å². The van der Waals surface area contributed by atoms with E-state index in [1.165, 1.54) is 30.4 Å². The lowest BCUT2D eigenvalue weighted by Gasteiger charge is -2.45. The zero-order valence-corrected chi connectivity index (χ0v) is 14.6. The van der Waals surface area contributed by atoms with Gasteiger partial charge >= 0.3 is 0 Å². The smallest absolute Gasteiger partial charge is 0.251 e. The summed E-state index contributed by atoms with van der Waals surface area (Å²) in [4.78, 5) is 14.9. The van der Waals surface area contributed by atoms with E-state index in [0.29, 0.717) is 0 Å².